The Bertz CT molecular complexity index is 185. The van der Waals surface area contributed by atoms with Gasteiger partial charge in [0.1, 0.15) is 5.54 Å². The lowest BCUT2D eigenvalue weighted by Gasteiger charge is -2.26. The molecule has 1 unspecified atom stereocenters. The summed E-state index contributed by atoms with van der Waals surface area (Å²) in [7, 11) is 1.74. The van der Waals surface area contributed by atoms with Crippen LogP contribution in [0.3, 0.4) is 0 Å². The molecule has 0 aliphatic carbocycles. The second-order valence-corrected chi connectivity index (χ2v) is 3.71. The third-order valence-corrected chi connectivity index (χ3v) is 2.31. The second kappa shape index (κ2) is 7.65. The van der Waals surface area contributed by atoms with E-state index in [4.69, 9.17) is 9.47 Å². The number of esters is 1. The molecule has 0 aromatic carbocycles. The Balaban J connectivity index is 4.00. The number of unbranched alkanes of at least 4 members (excludes halogenated alkanes) is 1. The lowest BCUT2D eigenvalue weighted by atomic mass is 10.1. The van der Waals surface area contributed by atoms with E-state index in [1.807, 2.05) is 0 Å². The highest BCUT2D eigenvalue weighted by molar-refractivity contribution is 5.80. The highest BCUT2D eigenvalue weighted by Crippen LogP contribution is 2.07. The molecule has 0 aliphatic heterocycles. The topological polar surface area (TPSA) is 47.6 Å². The van der Waals surface area contributed by atoms with Gasteiger partial charge >= 0.3 is 5.97 Å². The van der Waals surface area contributed by atoms with Crippen molar-refractivity contribution in [2.45, 2.75) is 39.2 Å². The molecule has 90 valence electrons. The van der Waals surface area contributed by atoms with Crippen molar-refractivity contribution in [1.29, 1.82) is 0 Å². The normalized spacial score (nSPS) is 14.7. The van der Waals surface area contributed by atoms with Crippen LogP contribution in [0.5, 0.6) is 0 Å². The van der Waals surface area contributed by atoms with Gasteiger partial charge in [-0.15, -0.1) is 0 Å². The molecule has 15 heavy (non-hydrogen) atoms. The first kappa shape index (κ1) is 14.4. The molecule has 0 amide bonds. The van der Waals surface area contributed by atoms with Crippen LogP contribution in [0.15, 0.2) is 0 Å². The third kappa shape index (κ3) is 5.14. The van der Waals surface area contributed by atoms with Crippen molar-refractivity contribution in [2.24, 2.45) is 0 Å². The standard InChI is InChI=1S/C11H23NO3/c1-5-7-8-14-9-11(3,12-4)10(13)15-6-2/h12H,5-9H2,1-4H3. The maximum absolute atomic E-state index is 11.6. The molecular weight excluding hydrogens is 194 g/mol. The van der Waals surface area contributed by atoms with Gasteiger partial charge in [0.05, 0.1) is 13.2 Å². The average molecular weight is 217 g/mol. The van der Waals surface area contributed by atoms with Gasteiger partial charge in [-0.05, 0) is 27.3 Å². The Labute approximate surface area is 92.3 Å². The van der Waals surface area contributed by atoms with Crippen LogP contribution in [-0.2, 0) is 14.3 Å². The van der Waals surface area contributed by atoms with Crippen molar-refractivity contribution >= 4 is 5.97 Å². The van der Waals surface area contributed by atoms with Crippen LogP contribution in [0.2, 0.25) is 0 Å². The number of hydrogen-bond acceptors (Lipinski definition) is 4. The van der Waals surface area contributed by atoms with Crippen LogP contribution in [0, 0.1) is 0 Å². The van der Waals surface area contributed by atoms with Crippen molar-refractivity contribution in [2.75, 3.05) is 26.9 Å². The van der Waals surface area contributed by atoms with Gasteiger partial charge in [-0.1, -0.05) is 13.3 Å². The number of likely N-dealkylation sites (N-methyl/N-ethyl adjacent to an activating group) is 1. The molecule has 1 atom stereocenters. The van der Waals surface area contributed by atoms with Gasteiger partial charge < -0.3 is 14.8 Å². The summed E-state index contributed by atoms with van der Waals surface area (Å²) >= 11 is 0. The highest BCUT2D eigenvalue weighted by atomic mass is 16.5. The van der Waals surface area contributed by atoms with Gasteiger partial charge in [0.15, 0.2) is 0 Å². The van der Waals surface area contributed by atoms with E-state index >= 15 is 0 Å². The predicted molar refractivity (Wildman–Crippen MR) is 59.8 cm³/mol. The average Bonchev–Trinajstić information content (AvgIpc) is 2.24. The molecule has 0 radical (unpaired) electrons. The van der Waals surface area contributed by atoms with Gasteiger partial charge in [0.2, 0.25) is 0 Å². The Hall–Kier alpha value is -0.610. The summed E-state index contributed by atoms with van der Waals surface area (Å²) < 4.78 is 10.4. The minimum atomic E-state index is -0.732. The first-order valence-electron chi connectivity index (χ1n) is 5.54. The summed E-state index contributed by atoms with van der Waals surface area (Å²) in [5, 5.41) is 2.94. The molecule has 0 aromatic heterocycles. The second-order valence-electron chi connectivity index (χ2n) is 3.71. The van der Waals surface area contributed by atoms with E-state index in [1.54, 1.807) is 20.9 Å². The van der Waals surface area contributed by atoms with E-state index in [1.165, 1.54) is 0 Å². The molecule has 0 aliphatic rings. The molecule has 4 nitrogen and oxygen atoms in total. The Morgan fingerprint density at radius 1 is 1.40 bits per heavy atom. The van der Waals surface area contributed by atoms with Crippen molar-refractivity contribution in [3.8, 4) is 0 Å². The molecule has 0 saturated carbocycles. The molecule has 0 spiro atoms. The molecule has 1 N–H and O–H groups in total. The van der Waals surface area contributed by atoms with E-state index < -0.39 is 5.54 Å². The van der Waals surface area contributed by atoms with Crippen LogP contribution in [0.4, 0.5) is 0 Å². The fourth-order valence-electron chi connectivity index (χ4n) is 1.05. The predicted octanol–water partition coefficient (Wildman–Crippen LogP) is 1.34. The Morgan fingerprint density at radius 2 is 2.07 bits per heavy atom. The number of rotatable bonds is 8. The Kier molecular flexibility index (Phi) is 7.34. The zero-order valence-corrected chi connectivity index (χ0v) is 10.3. The van der Waals surface area contributed by atoms with Gasteiger partial charge in [-0.2, -0.15) is 0 Å². The van der Waals surface area contributed by atoms with Gasteiger partial charge in [-0.25, -0.2) is 4.79 Å². The van der Waals surface area contributed by atoms with Crippen molar-refractivity contribution in [3.05, 3.63) is 0 Å². The molecular formula is C11H23NO3. The highest BCUT2D eigenvalue weighted by Gasteiger charge is 2.33. The maximum atomic E-state index is 11.6. The van der Waals surface area contributed by atoms with Crippen LogP contribution < -0.4 is 5.32 Å². The summed E-state index contributed by atoms with van der Waals surface area (Å²) in [5.41, 5.74) is -0.732. The van der Waals surface area contributed by atoms with Gasteiger partial charge in [0, 0.05) is 6.61 Å². The van der Waals surface area contributed by atoms with Crippen molar-refractivity contribution < 1.29 is 14.3 Å². The van der Waals surface area contributed by atoms with Crippen molar-refractivity contribution in [1.82, 2.24) is 5.32 Å². The Morgan fingerprint density at radius 3 is 2.53 bits per heavy atom. The monoisotopic (exact) mass is 217 g/mol. The third-order valence-electron chi connectivity index (χ3n) is 2.31. The van der Waals surface area contributed by atoms with E-state index in [2.05, 4.69) is 12.2 Å². The van der Waals surface area contributed by atoms with E-state index in [0.717, 1.165) is 12.8 Å². The summed E-state index contributed by atoms with van der Waals surface area (Å²) in [5.74, 6) is -0.260. The lowest BCUT2D eigenvalue weighted by Crippen LogP contribution is -2.52. The van der Waals surface area contributed by atoms with Gasteiger partial charge in [-0.3, -0.25) is 0 Å². The van der Waals surface area contributed by atoms with E-state index in [-0.39, 0.29) is 5.97 Å². The quantitative estimate of drug-likeness (QED) is 0.492. The number of carbonyl (C=O) groups is 1. The zero-order valence-electron chi connectivity index (χ0n) is 10.3. The zero-order chi connectivity index (χ0) is 11.7. The molecule has 0 rings (SSSR count). The first-order valence-corrected chi connectivity index (χ1v) is 5.54. The lowest BCUT2D eigenvalue weighted by molar-refractivity contribution is -0.153. The number of hydrogen-bond donors (Lipinski definition) is 1. The molecule has 0 heterocycles. The van der Waals surface area contributed by atoms with Crippen LogP contribution >= 0.6 is 0 Å². The van der Waals surface area contributed by atoms with Crippen LogP contribution in [-0.4, -0.2) is 38.4 Å². The molecule has 0 aromatic rings. The van der Waals surface area contributed by atoms with Crippen LogP contribution in [0.25, 0.3) is 0 Å². The molecule has 0 bridgehead atoms. The molecule has 0 saturated heterocycles. The summed E-state index contributed by atoms with van der Waals surface area (Å²) in [4.78, 5) is 11.6. The summed E-state index contributed by atoms with van der Waals surface area (Å²) in [6, 6.07) is 0. The van der Waals surface area contributed by atoms with Crippen LogP contribution in [0.1, 0.15) is 33.6 Å². The SMILES string of the molecule is CCCCOCC(C)(NC)C(=O)OCC. The van der Waals surface area contributed by atoms with E-state index in [9.17, 15) is 4.79 Å². The molecule has 4 heteroatoms. The maximum Gasteiger partial charge on any atom is 0.328 e. The smallest absolute Gasteiger partial charge is 0.328 e. The summed E-state index contributed by atoms with van der Waals surface area (Å²) in [6.45, 7) is 7.12. The van der Waals surface area contributed by atoms with Crippen molar-refractivity contribution in [3.63, 3.8) is 0 Å². The number of nitrogens with one attached hydrogen (secondary N) is 1. The summed E-state index contributed by atoms with van der Waals surface area (Å²) in [6.07, 6.45) is 2.11. The van der Waals surface area contributed by atoms with Gasteiger partial charge in [0.25, 0.3) is 0 Å². The minimum absolute atomic E-state index is 0.260. The number of carbonyl (C=O) groups excluding carboxylic acids is 1. The number of ether oxygens (including phenoxy) is 2. The minimum Gasteiger partial charge on any atom is -0.465 e. The molecule has 0 fully saturated rings. The first-order chi connectivity index (χ1) is 7.10. The fourth-order valence-corrected chi connectivity index (χ4v) is 1.05. The van der Waals surface area contributed by atoms with E-state index in [0.29, 0.717) is 19.8 Å². The fraction of sp³-hybridized carbons (Fsp3) is 0.909. The largest absolute Gasteiger partial charge is 0.465 e.